The standard InChI is InChI=1S/C12H24N2O/c1-9(2)14-10(15)7-11(3,4)13-8-12(14,5)6/h9,13H,7-8H2,1-6H3. The molecule has 0 unspecified atom stereocenters. The van der Waals surface area contributed by atoms with Crippen LogP contribution in [0, 0.1) is 0 Å². The Hall–Kier alpha value is -0.570. The minimum Gasteiger partial charge on any atom is -0.334 e. The van der Waals surface area contributed by atoms with E-state index in [0.29, 0.717) is 6.42 Å². The summed E-state index contributed by atoms with van der Waals surface area (Å²) in [5.74, 6) is 0.255. The third-order valence-corrected chi connectivity index (χ3v) is 3.03. The smallest absolute Gasteiger partial charge is 0.225 e. The molecule has 0 aliphatic carbocycles. The van der Waals surface area contributed by atoms with Crippen molar-refractivity contribution in [3.63, 3.8) is 0 Å². The van der Waals surface area contributed by atoms with Crippen molar-refractivity contribution >= 4 is 5.91 Å². The molecule has 1 N–H and O–H groups in total. The second-order valence-electron chi connectivity index (χ2n) is 6.08. The molecule has 0 aromatic carbocycles. The van der Waals surface area contributed by atoms with Crippen molar-refractivity contribution in [3.8, 4) is 0 Å². The molecule has 1 aliphatic rings. The van der Waals surface area contributed by atoms with Gasteiger partial charge in [-0.2, -0.15) is 0 Å². The van der Waals surface area contributed by atoms with Crippen LogP contribution in [0.25, 0.3) is 0 Å². The summed E-state index contributed by atoms with van der Waals surface area (Å²) in [5, 5.41) is 3.46. The van der Waals surface area contributed by atoms with E-state index in [4.69, 9.17) is 0 Å². The number of hydrogen-bond donors (Lipinski definition) is 1. The first-order chi connectivity index (χ1) is 6.66. The molecule has 0 atom stereocenters. The molecule has 0 bridgehead atoms. The molecule has 3 heteroatoms. The van der Waals surface area contributed by atoms with E-state index in [1.165, 1.54) is 0 Å². The van der Waals surface area contributed by atoms with Crippen molar-refractivity contribution in [3.05, 3.63) is 0 Å². The molecule has 3 nitrogen and oxygen atoms in total. The summed E-state index contributed by atoms with van der Waals surface area (Å²) < 4.78 is 0. The molecule has 15 heavy (non-hydrogen) atoms. The summed E-state index contributed by atoms with van der Waals surface area (Å²) in [6, 6.07) is 0.267. The van der Waals surface area contributed by atoms with E-state index in [-0.39, 0.29) is 23.0 Å². The normalized spacial score (nSPS) is 25.5. The predicted molar refractivity (Wildman–Crippen MR) is 62.8 cm³/mol. The molecule has 0 spiro atoms. The van der Waals surface area contributed by atoms with Gasteiger partial charge in [-0.3, -0.25) is 4.79 Å². The lowest BCUT2D eigenvalue weighted by Gasteiger charge is -2.40. The Morgan fingerprint density at radius 3 is 2.27 bits per heavy atom. The maximum Gasteiger partial charge on any atom is 0.225 e. The lowest BCUT2D eigenvalue weighted by Crippen LogP contribution is -2.54. The van der Waals surface area contributed by atoms with Crippen LogP contribution in [-0.2, 0) is 4.79 Å². The first-order valence-corrected chi connectivity index (χ1v) is 5.73. The topological polar surface area (TPSA) is 32.3 Å². The van der Waals surface area contributed by atoms with Gasteiger partial charge in [-0.1, -0.05) is 0 Å². The first kappa shape index (κ1) is 12.5. The van der Waals surface area contributed by atoms with E-state index < -0.39 is 0 Å². The first-order valence-electron chi connectivity index (χ1n) is 5.73. The highest BCUT2D eigenvalue weighted by molar-refractivity contribution is 5.79. The molecule has 1 heterocycles. The van der Waals surface area contributed by atoms with Gasteiger partial charge in [0.1, 0.15) is 0 Å². The lowest BCUT2D eigenvalue weighted by molar-refractivity contribution is -0.138. The SMILES string of the molecule is CC(C)N1C(=O)CC(C)(C)NCC1(C)C. The van der Waals surface area contributed by atoms with Crippen molar-refractivity contribution in [2.45, 2.75) is 65.1 Å². The molecule has 1 aliphatic heterocycles. The fraction of sp³-hybridized carbons (Fsp3) is 0.917. The number of hydrogen-bond acceptors (Lipinski definition) is 2. The van der Waals surface area contributed by atoms with Crippen molar-refractivity contribution in [1.29, 1.82) is 0 Å². The van der Waals surface area contributed by atoms with Crippen LogP contribution in [0.2, 0.25) is 0 Å². The van der Waals surface area contributed by atoms with Gasteiger partial charge >= 0.3 is 0 Å². The van der Waals surface area contributed by atoms with E-state index in [1.807, 2.05) is 4.90 Å². The summed E-state index contributed by atoms with van der Waals surface area (Å²) >= 11 is 0. The minimum atomic E-state index is -0.0982. The fourth-order valence-electron chi connectivity index (χ4n) is 2.39. The Bertz CT molecular complexity index is 256. The van der Waals surface area contributed by atoms with Gasteiger partial charge in [-0.05, 0) is 41.5 Å². The molecule has 0 radical (unpaired) electrons. The molecule has 1 rings (SSSR count). The maximum atomic E-state index is 12.2. The van der Waals surface area contributed by atoms with Gasteiger partial charge in [0, 0.05) is 30.1 Å². The highest BCUT2D eigenvalue weighted by Crippen LogP contribution is 2.25. The van der Waals surface area contributed by atoms with E-state index in [0.717, 1.165) is 6.54 Å². The zero-order valence-corrected chi connectivity index (χ0v) is 10.8. The number of carbonyl (C=O) groups excluding carboxylic acids is 1. The Labute approximate surface area is 93.2 Å². The summed E-state index contributed by atoms with van der Waals surface area (Å²) in [7, 11) is 0. The highest BCUT2D eigenvalue weighted by atomic mass is 16.2. The van der Waals surface area contributed by atoms with E-state index >= 15 is 0 Å². The Morgan fingerprint density at radius 2 is 1.80 bits per heavy atom. The summed E-state index contributed by atoms with van der Waals surface area (Å²) in [6.07, 6.45) is 0.578. The molecule has 1 amide bonds. The quantitative estimate of drug-likeness (QED) is 0.718. The average molecular weight is 212 g/mol. The molecule has 0 saturated carbocycles. The predicted octanol–water partition coefficient (Wildman–Crippen LogP) is 1.77. The second kappa shape index (κ2) is 3.78. The average Bonchev–Trinajstić information content (AvgIpc) is 2.05. The van der Waals surface area contributed by atoms with Gasteiger partial charge in [0.2, 0.25) is 5.91 Å². The van der Waals surface area contributed by atoms with Crippen molar-refractivity contribution in [2.24, 2.45) is 0 Å². The van der Waals surface area contributed by atoms with Crippen molar-refractivity contribution < 1.29 is 4.79 Å². The van der Waals surface area contributed by atoms with Gasteiger partial charge in [0.25, 0.3) is 0 Å². The number of carbonyl (C=O) groups is 1. The van der Waals surface area contributed by atoms with E-state index in [1.54, 1.807) is 0 Å². The largest absolute Gasteiger partial charge is 0.334 e. The Kier molecular flexibility index (Phi) is 3.15. The third kappa shape index (κ3) is 2.71. The highest BCUT2D eigenvalue weighted by Gasteiger charge is 2.39. The second-order valence-corrected chi connectivity index (χ2v) is 6.08. The fourth-order valence-corrected chi connectivity index (χ4v) is 2.39. The summed E-state index contributed by atoms with van der Waals surface area (Å²) in [5.41, 5.74) is -0.184. The number of amides is 1. The zero-order valence-electron chi connectivity index (χ0n) is 10.8. The van der Waals surface area contributed by atoms with Crippen LogP contribution in [0.3, 0.4) is 0 Å². The monoisotopic (exact) mass is 212 g/mol. The van der Waals surface area contributed by atoms with Crippen LogP contribution in [0.15, 0.2) is 0 Å². The number of nitrogens with zero attached hydrogens (tertiary/aromatic N) is 1. The zero-order chi connectivity index (χ0) is 11.9. The molecule has 1 saturated heterocycles. The molecule has 0 aromatic heterocycles. The minimum absolute atomic E-state index is 0.0853. The molecule has 1 fully saturated rings. The van der Waals surface area contributed by atoms with Gasteiger partial charge < -0.3 is 10.2 Å². The summed E-state index contributed by atoms with van der Waals surface area (Å²) in [4.78, 5) is 14.2. The maximum absolute atomic E-state index is 12.2. The van der Waals surface area contributed by atoms with Crippen molar-refractivity contribution in [1.82, 2.24) is 10.2 Å². The molecular formula is C12H24N2O. The van der Waals surface area contributed by atoms with Crippen LogP contribution >= 0.6 is 0 Å². The van der Waals surface area contributed by atoms with E-state index in [2.05, 4.69) is 46.9 Å². The van der Waals surface area contributed by atoms with Crippen LogP contribution in [-0.4, -0.2) is 34.5 Å². The van der Waals surface area contributed by atoms with Gasteiger partial charge in [0.15, 0.2) is 0 Å². The van der Waals surface area contributed by atoms with Crippen LogP contribution in [0.5, 0.6) is 0 Å². The van der Waals surface area contributed by atoms with Crippen LogP contribution in [0.1, 0.15) is 48.0 Å². The number of rotatable bonds is 1. The van der Waals surface area contributed by atoms with Crippen molar-refractivity contribution in [2.75, 3.05) is 6.54 Å². The molecular weight excluding hydrogens is 188 g/mol. The Balaban J connectivity index is 2.98. The third-order valence-electron chi connectivity index (χ3n) is 3.03. The molecule has 0 aromatic rings. The lowest BCUT2D eigenvalue weighted by atomic mass is 10.0. The van der Waals surface area contributed by atoms with E-state index in [9.17, 15) is 4.79 Å². The van der Waals surface area contributed by atoms with Crippen LogP contribution < -0.4 is 5.32 Å². The van der Waals surface area contributed by atoms with Gasteiger partial charge in [-0.15, -0.1) is 0 Å². The molecule has 88 valence electrons. The van der Waals surface area contributed by atoms with Crippen LogP contribution in [0.4, 0.5) is 0 Å². The van der Waals surface area contributed by atoms with Gasteiger partial charge in [-0.25, -0.2) is 0 Å². The number of nitrogens with one attached hydrogen (secondary N) is 1. The summed E-state index contributed by atoms with van der Waals surface area (Å²) in [6.45, 7) is 13.4. The van der Waals surface area contributed by atoms with Gasteiger partial charge in [0.05, 0.1) is 0 Å². The Morgan fingerprint density at radius 1 is 1.27 bits per heavy atom.